The number of aliphatic hydroxyl groups excluding tert-OH is 1. The second-order valence-corrected chi connectivity index (χ2v) is 2.83. The molecule has 3 N–H and O–H groups in total. The zero-order valence-electron chi connectivity index (χ0n) is 6.72. The first-order valence-corrected chi connectivity index (χ1v) is 3.83. The maximum atomic E-state index is 11.2. The van der Waals surface area contributed by atoms with Gasteiger partial charge in [0.2, 0.25) is 0 Å². The Bertz CT molecular complexity index is 425. The summed E-state index contributed by atoms with van der Waals surface area (Å²) < 4.78 is 0.0172. The molecule has 1 rings (SSSR count). The molecule has 1 aromatic rings. The predicted molar refractivity (Wildman–Crippen MR) is 45.5 cm³/mol. The Morgan fingerprint density at radius 3 is 2.50 bits per heavy atom. The third-order valence-corrected chi connectivity index (χ3v) is 1.87. The summed E-state index contributed by atoms with van der Waals surface area (Å²) in [6.07, 6.45) is -1.90. The third kappa shape index (κ3) is 1.63. The Balaban J connectivity index is 3.62. The summed E-state index contributed by atoms with van der Waals surface area (Å²) in [6.45, 7) is 0. The number of rotatable bonds is 2. The molecule has 76 valence electrons. The quantitative estimate of drug-likeness (QED) is 0.270. The molecular formula is C7H6ClNO5. The van der Waals surface area contributed by atoms with Gasteiger partial charge in [0.15, 0.2) is 12.6 Å². The standard InChI is InChI=1S/C7H6ClNO5/c8-4-1-3(2-10)5(7(12)13)6(11)9(4)14/h1-2,7,12-14H. The highest BCUT2D eigenvalue weighted by Gasteiger charge is 2.18. The van der Waals surface area contributed by atoms with E-state index in [9.17, 15) is 9.59 Å². The van der Waals surface area contributed by atoms with Gasteiger partial charge in [0.1, 0.15) is 5.15 Å². The number of aldehydes is 1. The van der Waals surface area contributed by atoms with E-state index < -0.39 is 17.4 Å². The predicted octanol–water partition coefficient (Wildman–Crippen LogP) is -0.465. The van der Waals surface area contributed by atoms with Gasteiger partial charge in [0.05, 0.1) is 5.56 Å². The van der Waals surface area contributed by atoms with E-state index in [1.807, 2.05) is 0 Å². The Morgan fingerprint density at radius 1 is 1.50 bits per heavy atom. The van der Waals surface area contributed by atoms with Crippen LogP contribution in [0.5, 0.6) is 0 Å². The second-order valence-electron chi connectivity index (χ2n) is 2.44. The van der Waals surface area contributed by atoms with Crippen LogP contribution in [0.25, 0.3) is 0 Å². The topological polar surface area (TPSA) is 99.8 Å². The molecule has 0 aliphatic rings. The van der Waals surface area contributed by atoms with Crippen molar-refractivity contribution in [3.63, 3.8) is 0 Å². The molecule has 0 saturated heterocycles. The average molecular weight is 220 g/mol. The minimum atomic E-state index is -2.14. The molecule has 1 heterocycles. The highest BCUT2D eigenvalue weighted by atomic mass is 35.5. The van der Waals surface area contributed by atoms with Crippen molar-refractivity contribution in [2.24, 2.45) is 0 Å². The molecule has 0 radical (unpaired) electrons. The van der Waals surface area contributed by atoms with E-state index in [1.54, 1.807) is 0 Å². The molecule has 0 unspecified atom stereocenters. The van der Waals surface area contributed by atoms with E-state index in [4.69, 9.17) is 27.0 Å². The maximum absolute atomic E-state index is 11.2. The van der Waals surface area contributed by atoms with Gasteiger partial charge in [-0.1, -0.05) is 11.6 Å². The summed E-state index contributed by atoms with van der Waals surface area (Å²) in [7, 11) is 0. The van der Waals surface area contributed by atoms with E-state index >= 15 is 0 Å². The summed E-state index contributed by atoms with van der Waals surface area (Å²) in [5.74, 6) is 0. The molecule has 0 aromatic carbocycles. The van der Waals surface area contributed by atoms with E-state index in [0.717, 1.165) is 6.07 Å². The van der Waals surface area contributed by atoms with Crippen molar-refractivity contribution in [2.75, 3.05) is 0 Å². The molecule has 0 saturated carbocycles. The van der Waals surface area contributed by atoms with Crippen LogP contribution in [0.4, 0.5) is 0 Å². The average Bonchev–Trinajstić information content (AvgIpc) is 2.12. The molecule has 0 atom stereocenters. The molecule has 0 fully saturated rings. The lowest BCUT2D eigenvalue weighted by molar-refractivity contribution is -0.0453. The number of halogens is 1. The van der Waals surface area contributed by atoms with Crippen molar-refractivity contribution in [3.05, 3.63) is 32.7 Å². The molecule has 0 spiro atoms. The van der Waals surface area contributed by atoms with E-state index in [-0.39, 0.29) is 21.7 Å². The van der Waals surface area contributed by atoms with Crippen molar-refractivity contribution in [3.8, 4) is 0 Å². The van der Waals surface area contributed by atoms with Gasteiger partial charge >= 0.3 is 0 Å². The summed E-state index contributed by atoms with van der Waals surface area (Å²) >= 11 is 5.37. The van der Waals surface area contributed by atoms with Crippen LogP contribution in [0.1, 0.15) is 22.2 Å². The molecule has 7 heteroatoms. The van der Waals surface area contributed by atoms with Crippen LogP contribution < -0.4 is 5.56 Å². The molecule has 14 heavy (non-hydrogen) atoms. The monoisotopic (exact) mass is 219 g/mol. The molecule has 0 bridgehead atoms. The van der Waals surface area contributed by atoms with Crippen LogP contribution in [-0.4, -0.2) is 26.4 Å². The molecule has 6 nitrogen and oxygen atoms in total. The lowest BCUT2D eigenvalue weighted by Gasteiger charge is -2.08. The minimum Gasteiger partial charge on any atom is -0.424 e. The maximum Gasteiger partial charge on any atom is 0.293 e. The third-order valence-electron chi connectivity index (χ3n) is 1.60. The minimum absolute atomic E-state index is 0.0172. The van der Waals surface area contributed by atoms with Crippen LogP contribution in [0.2, 0.25) is 5.15 Å². The van der Waals surface area contributed by atoms with Crippen LogP contribution in [0.3, 0.4) is 0 Å². The van der Waals surface area contributed by atoms with Crippen molar-refractivity contribution in [1.29, 1.82) is 0 Å². The largest absolute Gasteiger partial charge is 0.424 e. The number of carbonyl (C=O) groups is 1. The summed E-state index contributed by atoms with van der Waals surface area (Å²) in [5, 5.41) is 26.1. The number of aromatic nitrogens is 1. The first-order chi connectivity index (χ1) is 6.49. The fraction of sp³-hybridized carbons (Fsp3) is 0.143. The van der Waals surface area contributed by atoms with Gasteiger partial charge < -0.3 is 15.4 Å². The highest BCUT2D eigenvalue weighted by molar-refractivity contribution is 6.29. The normalized spacial score (nSPS) is 10.6. The Labute approximate surface area is 82.6 Å². The Kier molecular flexibility index (Phi) is 2.90. The zero-order valence-corrected chi connectivity index (χ0v) is 7.47. The molecule has 0 amide bonds. The van der Waals surface area contributed by atoms with Gasteiger partial charge in [-0.15, -0.1) is 4.73 Å². The van der Waals surface area contributed by atoms with Crippen molar-refractivity contribution in [1.82, 2.24) is 4.73 Å². The van der Waals surface area contributed by atoms with Gasteiger partial charge in [-0.25, -0.2) is 0 Å². The zero-order chi connectivity index (χ0) is 10.9. The van der Waals surface area contributed by atoms with Crippen molar-refractivity contribution >= 4 is 17.9 Å². The number of carbonyl (C=O) groups excluding carboxylic acids is 1. The van der Waals surface area contributed by atoms with E-state index in [1.165, 1.54) is 0 Å². The number of hydrogen-bond donors (Lipinski definition) is 3. The number of pyridine rings is 1. The summed E-state index contributed by atoms with van der Waals surface area (Å²) in [6, 6.07) is 0.949. The fourth-order valence-corrected chi connectivity index (χ4v) is 1.15. The second kappa shape index (κ2) is 3.79. The van der Waals surface area contributed by atoms with Crippen LogP contribution in [0.15, 0.2) is 10.9 Å². The molecule has 0 aliphatic carbocycles. The lowest BCUT2D eigenvalue weighted by Crippen LogP contribution is -2.26. The van der Waals surface area contributed by atoms with Crippen LogP contribution >= 0.6 is 11.6 Å². The highest BCUT2D eigenvalue weighted by Crippen LogP contribution is 2.14. The van der Waals surface area contributed by atoms with Gasteiger partial charge in [-0.05, 0) is 6.07 Å². The smallest absolute Gasteiger partial charge is 0.293 e. The number of hydrogen-bond acceptors (Lipinski definition) is 5. The van der Waals surface area contributed by atoms with Gasteiger partial charge in [-0.3, -0.25) is 9.59 Å². The molecule has 0 aliphatic heterocycles. The molecule has 1 aromatic heterocycles. The van der Waals surface area contributed by atoms with Crippen molar-refractivity contribution < 1.29 is 20.2 Å². The summed E-state index contributed by atoms with van der Waals surface area (Å²) in [4.78, 5) is 21.6. The van der Waals surface area contributed by atoms with E-state index in [0.29, 0.717) is 0 Å². The van der Waals surface area contributed by atoms with Gasteiger partial charge in [0, 0.05) is 5.56 Å². The lowest BCUT2D eigenvalue weighted by atomic mass is 10.1. The van der Waals surface area contributed by atoms with Crippen LogP contribution in [0, 0.1) is 0 Å². The fourth-order valence-electron chi connectivity index (χ4n) is 0.959. The summed E-state index contributed by atoms with van der Waals surface area (Å²) in [5.41, 5.74) is -2.04. The Hall–Kier alpha value is -1.37. The van der Waals surface area contributed by atoms with Crippen LogP contribution in [-0.2, 0) is 0 Å². The first-order valence-electron chi connectivity index (χ1n) is 3.45. The van der Waals surface area contributed by atoms with E-state index in [2.05, 4.69) is 0 Å². The Morgan fingerprint density at radius 2 is 2.07 bits per heavy atom. The van der Waals surface area contributed by atoms with Crippen molar-refractivity contribution in [2.45, 2.75) is 6.29 Å². The SMILES string of the molecule is O=Cc1cc(Cl)n(O)c(=O)c1C(O)O. The van der Waals surface area contributed by atoms with Gasteiger partial charge in [0.25, 0.3) is 5.56 Å². The van der Waals surface area contributed by atoms with Gasteiger partial charge in [-0.2, -0.15) is 0 Å². The first kappa shape index (κ1) is 10.7. The molecular weight excluding hydrogens is 214 g/mol. The number of aliphatic hydroxyl groups is 2. The number of nitrogens with zero attached hydrogens (tertiary/aromatic N) is 1.